The molecule has 2 heterocycles. The molecule has 1 amide bonds. The van der Waals surface area contributed by atoms with Crippen molar-refractivity contribution < 1.29 is 28.3 Å². The summed E-state index contributed by atoms with van der Waals surface area (Å²) in [7, 11) is 0. The molecule has 0 atom stereocenters. The number of nitrogens with zero attached hydrogens (tertiary/aromatic N) is 3. The maximum absolute atomic E-state index is 12.7. The molecule has 134 valence electrons. The molecule has 26 heavy (non-hydrogen) atoms. The lowest BCUT2D eigenvalue weighted by Gasteiger charge is -2.34. The molecule has 0 unspecified atom stereocenters. The van der Waals surface area contributed by atoms with Crippen molar-refractivity contribution in [2.45, 2.75) is 6.18 Å². The minimum absolute atomic E-state index is 0.000805. The Kier molecular flexibility index (Phi) is 3.36. The lowest BCUT2D eigenvalue weighted by Crippen LogP contribution is -2.49. The molecule has 0 aliphatic carbocycles. The number of halogens is 3. The van der Waals surface area contributed by atoms with Crippen molar-refractivity contribution in [1.29, 1.82) is 0 Å². The Balaban J connectivity index is 1.76. The van der Waals surface area contributed by atoms with Gasteiger partial charge in [0.1, 0.15) is 5.82 Å². The van der Waals surface area contributed by atoms with Gasteiger partial charge in [-0.3, -0.25) is 10.0 Å². The quantitative estimate of drug-likeness (QED) is 0.804. The van der Waals surface area contributed by atoms with Gasteiger partial charge in [0.05, 0.1) is 22.5 Å². The first-order valence-electron chi connectivity index (χ1n) is 7.37. The van der Waals surface area contributed by atoms with Crippen LogP contribution in [0.3, 0.4) is 0 Å². The van der Waals surface area contributed by atoms with Gasteiger partial charge in [0, 0.05) is 11.2 Å². The predicted molar refractivity (Wildman–Crippen MR) is 81.0 cm³/mol. The summed E-state index contributed by atoms with van der Waals surface area (Å²) >= 11 is 0. The number of rotatable bonds is 1. The lowest BCUT2D eigenvalue weighted by molar-refractivity contribution is -0.314. The highest BCUT2D eigenvalue weighted by atomic mass is 19.4. The fourth-order valence-corrected chi connectivity index (χ4v) is 2.81. The van der Waals surface area contributed by atoms with Crippen LogP contribution in [0.25, 0.3) is 0 Å². The molecule has 0 radical (unpaired) electrons. The van der Waals surface area contributed by atoms with Gasteiger partial charge in [-0.05, 0) is 36.4 Å². The Hall–Kier alpha value is -3.24. The summed E-state index contributed by atoms with van der Waals surface area (Å²) in [4.78, 5) is 12.1. The summed E-state index contributed by atoms with van der Waals surface area (Å²) in [6.45, 7) is 0. The zero-order valence-corrected chi connectivity index (χ0v) is 12.9. The molecule has 2 aliphatic heterocycles. The van der Waals surface area contributed by atoms with Crippen LogP contribution in [-0.4, -0.2) is 16.4 Å². The van der Waals surface area contributed by atoms with Crippen LogP contribution in [0.2, 0.25) is 0 Å². The molecule has 0 saturated heterocycles. The highest BCUT2D eigenvalue weighted by molar-refractivity contribution is 6.03. The van der Waals surface area contributed by atoms with Gasteiger partial charge in [0.25, 0.3) is 5.91 Å². The highest BCUT2D eigenvalue weighted by Crippen LogP contribution is 2.38. The van der Waals surface area contributed by atoms with Crippen LogP contribution in [0, 0.1) is 0 Å². The minimum atomic E-state index is -4.52. The van der Waals surface area contributed by atoms with Crippen LogP contribution in [-0.2, 0) is 6.18 Å². The molecule has 0 spiro atoms. The molecule has 0 saturated carbocycles. The van der Waals surface area contributed by atoms with E-state index in [-0.39, 0.29) is 22.8 Å². The Bertz CT molecular complexity index is 927. The summed E-state index contributed by atoms with van der Waals surface area (Å²) in [5, 5.41) is 27.7. The Labute approximate surface area is 144 Å². The van der Waals surface area contributed by atoms with Crippen molar-refractivity contribution in [2.75, 3.05) is 10.0 Å². The summed E-state index contributed by atoms with van der Waals surface area (Å²) in [5.74, 6) is -1.55. The number of carbonyl (C=O) groups is 1. The average molecular weight is 363 g/mol. The number of hydrogen-bond acceptors (Lipinski definition) is 6. The number of hydrogen-bond donors (Lipinski definition) is 2. The van der Waals surface area contributed by atoms with Gasteiger partial charge in [-0.2, -0.15) is 13.2 Å². The van der Waals surface area contributed by atoms with Crippen LogP contribution in [0.4, 0.5) is 24.5 Å². The van der Waals surface area contributed by atoms with E-state index in [0.29, 0.717) is 5.28 Å². The van der Waals surface area contributed by atoms with Crippen LogP contribution >= 0.6 is 0 Å². The molecule has 2 aliphatic rings. The number of anilines is 2. The summed E-state index contributed by atoms with van der Waals surface area (Å²) in [5.41, 5.74) is -0.394. The van der Waals surface area contributed by atoms with Crippen LogP contribution in [0.1, 0.15) is 15.9 Å². The molecule has 2 N–H and O–H groups in total. The number of hydrazine groups is 2. The fourth-order valence-electron chi connectivity index (χ4n) is 2.81. The van der Waals surface area contributed by atoms with Crippen molar-refractivity contribution in [1.82, 2.24) is 10.6 Å². The number of alkyl halides is 3. The van der Waals surface area contributed by atoms with E-state index in [4.69, 9.17) is 0 Å². The van der Waals surface area contributed by atoms with Crippen LogP contribution in [0.15, 0.2) is 60.2 Å². The van der Waals surface area contributed by atoms with E-state index in [1.807, 2.05) is 0 Å². The monoisotopic (exact) mass is 363 g/mol. The predicted octanol–water partition coefficient (Wildman–Crippen LogP) is 1.78. The zero-order valence-electron chi connectivity index (χ0n) is 12.9. The molecule has 0 fully saturated rings. The van der Waals surface area contributed by atoms with Crippen molar-refractivity contribution in [3.8, 4) is 0 Å². The van der Waals surface area contributed by atoms with Gasteiger partial charge in [0.15, 0.2) is 0 Å². The second kappa shape index (κ2) is 5.38. The third-order valence-corrected chi connectivity index (χ3v) is 4.01. The van der Waals surface area contributed by atoms with Gasteiger partial charge in [0.2, 0.25) is 0 Å². The second-order valence-corrected chi connectivity index (χ2v) is 5.56. The van der Waals surface area contributed by atoms with Crippen molar-refractivity contribution in [3.63, 3.8) is 0 Å². The topological polar surface area (TPSA) is 82.1 Å². The normalized spacial score (nSPS) is 17.3. The number of benzene rings is 2. The number of para-hydroxylation sites is 1. The van der Waals surface area contributed by atoms with E-state index < -0.39 is 23.5 Å². The first-order chi connectivity index (χ1) is 12.3. The van der Waals surface area contributed by atoms with Gasteiger partial charge in [-0.15, -0.1) is 0 Å². The van der Waals surface area contributed by atoms with Crippen molar-refractivity contribution in [3.05, 3.63) is 71.4 Å². The van der Waals surface area contributed by atoms with Gasteiger partial charge in [-0.1, -0.05) is 12.1 Å². The Morgan fingerprint density at radius 2 is 1.65 bits per heavy atom. The summed E-state index contributed by atoms with van der Waals surface area (Å²) < 4.78 is 38.1. The zero-order chi connectivity index (χ0) is 18.6. The molecule has 7 nitrogen and oxygen atoms in total. The first kappa shape index (κ1) is 16.2. The van der Waals surface area contributed by atoms with E-state index in [1.165, 1.54) is 12.1 Å². The molecule has 4 rings (SSSR count). The van der Waals surface area contributed by atoms with Gasteiger partial charge in [-0.25, -0.2) is 10.0 Å². The SMILES string of the molecule is O=C1NC2=C([O-])N(c3ccc(C(F)(F)F)cc3)N(O)N2c2ccccc21. The minimum Gasteiger partial charge on any atom is -0.856 e. The molecule has 0 aromatic heterocycles. The fraction of sp³-hybridized carbons (Fsp3) is 0.0625. The molecule has 0 bridgehead atoms. The van der Waals surface area contributed by atoms with E-state index in [9.17, 15) is 28.3 Å². The molecule has 10 heteroatoms. The first-order valence-corrected chi connectivity index (χ1v) is 7.37. The molecule has 2 aromatic carbocycles. The van der Waals surface area contributed by atoms with E-state index in [0.717, 1.165) is 34.3 Å². The second-order valence-electron chi connectivity index (χ2n) is 5.56. The molecule has 2 aromatic rings. The standard InChI is InChI=1S/C16H11F3N4O3/c17-16(18,19)9-5-7-10(8-6-9)21-15(25)13-20-14(24)11-3-1-2-4-12(11)22(13)23(21)26/h1-8,25-26H,(H,20,24)/p-1. The maximum Gasteiger partial charge on any atom is 0.416 e. The van der Waals surface area contributed by atoms with Gasteiger partial charge >= 0.3 is 6.18 Å². The van der Waals surface area contributed by atoms with E-state index >= 15 is 0 Å². The largest absolute Gasteiger partial charge is 0.856 e. The molecular formula is C16H10F3N4O3-. The number of carbonyl (C=O) groups excluding carboxylic acids is 1. The maximum atomic E-state index is 12.7. The smallest absolute Gasteiger partial charge is 0.416 e. The Morgan fingerprint density at radius 1 is 1.00 bits per heavy atom. The molecular weight excluding hydrogens is 353 g/mol. The third-order valence-electron chi connectivity index (χ3n) is 4.01. The number of amides is 1. The van der Waals surface area contributed by atoms with Gasteiger partial charge < -0.3 is 10.4 Å². The van der Waals surface area contributed by atoms with E-state index in [1.54, 1.807) is 12.1 Å². The number of nitrogens with one attached hydrogen (secondary N) is 1. The summed E-state index contributed by atoms with van der Waals surface area (Å²) in [6.07, 6.45) is -4.52. The van der Waals surface area contributed by atoms with Crippen LogP contribution in [0.5, 0.6) is 0 Å². The lowest BCUT2D eigenvalue weighted by atomic mass is 10.1. The van der Waals surface area contributed by atoms with Crippen molar-refractivity contribution >= 4 is 17.3 Å². The van der Waals surface area contributed by atoms with Crippen LogP contribution < -0.4 is 20.4 Å². The van der Waals surface area contributed by atoms with E-state index in [2.05, 4.69) is 5.32 Å². The Morgan fingerprint density at radius 3 is 2.31 bits per heavy atom. The summed E-state index contributed by atoms with van der Waals surface area (Å²) in [6, 6.07) is 9.98. The highest BCUT2D eigenvalue weighted by Gasteiger charge is 2.40. The average Bonchev–Trinajstić information content (AvgIpc) is 2.85. The van der Waals surface area contributed by atoms with Crippen molar-refractivity contribution in [2.24, 2.45) is 0 Å². The number of fused-ring (bicyclic) bond motifs is 3. The third kappa shape index (κ3) is 2.27.